The van der Waals surface area contributed by atoms with Gasteiger partial charge in [0.15, 0.2) is 0 Å². The van der Waals surface area contributed by atoms with Gasteiger partial charge in [0.1, 0.15) is 11.8 Å². The molecular formula is C23H16Cl2N2OS2. The van der Waals surface area contributed by atoms with E-state index < -0.39 is 0 Å². The van der Waals surface area contributed by atoms with Crippen molar-refractivity contribution in [1.29, 1.82) is 5.26 Å². The lowest BCUT2D eigenvalue weighted by molar-refractivity contribution is 0.0967. The molecule has 0 atom stereocenters. The van der Waals surface area contributed by atoms with Crippen LogP contribution in [0.1, 0.15) is 15.9 Å². The number of nitrogens with zero attached hydrogens (tertiary/aromatic N) is 1. The van der Waals surface area contributed by atoms with Gasteiger partial charge in [-0.25, -0.2) is 0 Å². The van der Waals surface area contributed by atoms with Crippen molar-refractivity contribution in [3.63, 3.8) is 0 Å². The number of carbonyl (C=O) groups excluding carboxylic acids is 1. The Morgan fingerprint density at radius 2 is 1.30 bits per heavy atom. The lowest BCUT2D eigenvalue weighted by atomic mass is 10.1. The van der Waals surface area contributed by atoms with E-state index in [1.807, 2.05) is 43.3 Å². The van der Waals surface area contributed by atoms with Crippen LogP contribution in [0.25, 0.3) is 0 Å². The highest BCUT2D eigenvalue weighted by Gasteiger charge is 2.15. The zero-order valence-corrected chi connectivity index (χ0v) is 19.0. The summed E-state index contributed by atoms with van der Waals surface area (Å²) in [7, 11) is 0. The Bertz CT molecular complexity index is 1050. The van der Waals surface area contributed by atoms with Crippen molar-refractivity contribution in [2.45, 2.75) is 16.7 Å². The molecule has 0 aromatic heterocycles. The van der Waals surface area contributed by atoms with Gasteiger partial charge in [0.2, 0.25) is 0 Å². The van der Waals surface area contributed by atoms with Gasteiger partial charge in [-0.05, 0) is 67.6 Å². The number of hydrogen-bond acceptors (Lipinski definition) is 4. The Morgan fingerprint density at radius 1 is 0.833 bits per heavy atom. The summed E-state index contributed by atoms with van der Waals surface area (Å²) in [5.74, 6) is -0.336. The molecule has 0 saturated carbocycles. The van der Waals surface area contributed by atoms with Crippen molar-refractivity contribution in [3.8, 4) is 6.07 Å². The molecule has 30 heavy (non-hydrogen) atoms. The van der Waals surface area contributed by atoms with Crippen LogP contribution >= 0.6 is 46.7 Å². The van der Waals surface area contributed by atoms with E-state index in [4.69, 9.17) is 23.2 Å². The number of aryl methyl sites for hydroxylation is 1. The number of nitrogens with one attached hydrogen (secondary N) is 1. The quantitative estimate of drug-likeness (QED) is 0.303. The highest BCUT2D eigenvalue weighted by atomic mass is 35.5. The molecule has 0 aliphatic heterocycles. The third-order valence-electron chi connectivity index (χ3n) is 3.92. The fourth-order valence-corrected chi connectivity index (χ4v) is 4.72. The molecule has 0 spiro atoms. The molecule has 3 aromatic carbocycles. The van der Waals surface area contributed by atoms with Crippen molar-refractivity contribution >= 4 is 52.6 Å². The normalized spacial score (nSPS) is 10.2. The van der Waals surface area contributed by atoms with Crippen LogP contribution in [0, 0.1) is 18.3 Å². The summed E-state index contributed by atoms with van der Waals surface area (Å²) in [6, 6.07) is 23.9. The zero-order chi connectivity index (χ0) is 21.5. The molecule has 0 radical (unpaired) electrons. The largest absolute Gasteiger partial charge is 0.312 e. The van der Waals surface area contributed by atoms with Gasteiger partial charge in [0, 0.05) is 25.4 Å². The van der Waals surface area contributed by atoms with Crippen LogP contribution in [0.15, 0.2) is 92.5 Å². The Balaban J connectivity index is 1.92. The molecule has 0 saturated heterocycles. The number of benzene rings is 3. The third kappa shape index (κ3) is 6.32. The number of thioether (sulfide) groups is 2. The molecule has 3 rings (SSSR count). The summed E-state index contributed by atoms with van der Waals surface area (Å²) in [6.07, 6.45) is 0. The fourth-order valence-electron chi connectivity index (χ4n) is 2.36. The summed E-state index contributed by atoms with van der Waals surface area (Å²) >= 11 is 14.7. The Labute approximate surface area is 194 Å². The molecule has 150 valence electrons. The van der Waals surface area contributed by atoms with E-state index in [0.29, 0.717) is 19.8 Å². The average Bonchev–Trinajstić information content (AvgIpc) is 2.75. The van der Waals surface area contributed by atoms with Crippen molar-refractivity contribution in [2.24, 2.45) is 0 Å². The summed E-state index contributed by atoms with van der Waals surface area (Å²) in [5, 5.41) is 13.8. The summed E-state index contributed by atoms with van der Waals surface area (Å²) in [4.78, 5) is 14.5. The fraction of sp³-hybridized carbons (Fsp3) is 0.0435. The standard InChI is InChI=1S/C23H16Cl2N2OS2/c1-15-2-4-16(5-3-15)22(28)27-21(14-26)23(29-19-10-6-17(24)7-11-19)30-20-12-8-18(25)9-13-20/h2-13H,1H3,(H,27,28). The van der Waals surface area contributed by atoms with E-state index in [1.54, 1.807) is 36.4 Å². The van der Waals surface area contributed by atoms with Crippen LogP contribution in [0.3, 0.4) is 0 Å². The summed E-state index contributed by atoms with van der Waals surface area (Å²) in [6.45, 7) is 1.95. The number of nitriles is 1. The highest BCUT2D eigenvalue weighted by molar-refractivity contribution is 8.22. The third-order valence-corrected chi connectivity index (χ3v) is 6.72. The van der Waals surface area contributed by atoms with E-state index in [1.165, 1.54) is 23.5 Å². The van der Waals surface area contributed by atoms with Crippen LogP contribution in [-0.4, -0.2) is 5.91 Å². The van der Waals surface area contributed by atoms with Gasteiger partial charge in [-0.2, -0.15) is 5.26 Å². The molecule has 0 aliphatic rings. The first-order chi connectivity index (χ1) is 14.4. The van der Waals surface area contributed by atoms with Gasteiger partial charge in [-0.1, -0.05) is 64.4 Å². The monoisotopic (exact) mass is 470 g/mol. The van der Waals surface area contributed by atoms with E-state index in [9.17, 15) is 10.1 Å². The van der Waals surface area contributed by atoms with Gasteiger partial charge in [0.05, 0.1) is 4.24 Å². The molecular weight excluding hydrogens is 455 g/mol. The molecule has 0 aliphatic carbocycles. The summed E-state index contributed by atoms with van der Waals surface area (Å²) in [5.41, 5.74) is 1.72. The Kier molecular flexibility index (Phi) is 7.89. The first-order valence-electron chi connectivity index (χ1n) is 8.84. The topological polar surface area (TPSA) is 52.9 Å². The molecule has 0 unspecified atom stereocenters. The van der Waals surface area contributed by atoms with E-state index in [2.05, 4.69) is 11.4 Å². The highest BCUT2D eigenvalue weighted by Crippen LogP contribution is 2.41. The predicted molar refractivity (Wildman–Crippen MR) is 126 cm³/mol. The predicted octanol–water partition coefficient (Wildman–Crippen LogP) is 7.31. The number of halogens is 2. The molecule has 1 amide bonds. The lowest BCUT2D eigenvalue weighted by Crippen LogP contribution is -2.22. The minimum Gasteiger partial charge on any atom is -0.312 e. The smallest absolute Gasteiger partial charge is 0.256 e. The average molecular weight is 471 g/mol. The molecule has 0 heterocycles. The molecule has 0 fully saturated rings. The van der Waals surface area contributed by atoms with E-state index in [-0.39, 0.29) is 11.6 Å². The first-order valence-corrected chi connectivity index (χ1v) is 11.2. The maximum absolute atomic E-state index is 12.7. The summed E-state index contributed by atoms with van der Waals surface area (Å²) < 4.78 is 0.641. The van der Waals surface area contributed by atoms with Crippen LogP contribution < -0.4 is 5.32 Å². The van der Waals surface area contributed by atoms with Gasteiger partial charge < -0.3 is 5.32 Å². The van der Waals surface area contributed by atoms with Crippen LogP contribution in [0.2, 0.25) is 10.0 Å². The Morgan fingerprint density at radius 3 is 1.73 bits per heavy atom. The van der Waals surface area contributed by atoms with E-state index >= 15 is 0 Å². The van der Waals surface area contributed by atoms with Gasteiger partial charge in [0.25, 0.3) is 5.91 Å². The molecule has 7 heteroatoms. The molecule has 3 aromatic rings. The number of carbonyl (C=O) groups is 1. The Hall–Kier alpha value is -2.36. The SMILES string of the molecule is Cc1ccc(C(=O)NC(C#N)=C(Sc2ccc(Cl)cc2)Sc2ccc(Cl)cc2)cc1. The second-order valence-corrected chi connectivity index (χ2v) is 9.51. The zero-order valence-electron chi connectivity index (χ0n) is 15.9. The van der Waals surface area contributed by atoms with Crippen molar-refractivity contribution in [2.75, 3.05) is 0 Å². The van der Waals surface area contributed by atoms with Crippen molar-refractivity contribution in [3.05, 3.63) is 104 Å². The van der Waals surface area contributed by atoms with Gasteiger partial charge >= 0.3 is 0 Å². The molecule has 0 bridgehead atoms. The van der Waals surface area contributed by atoms with Gasteiger partial charge in [-0.3, -0.25) is 4.79 Å². The van der Waals surface area contributed by atoms with Crippen LogP contribution in [-0.2, 0) is 0 Å². The maximum atomic E-state index is 12.7. The minimum absolute atomic E-state index is 0.181. The number of rotatable bonds is 6. The first kappa shape index (κ1) is 22.3. The molecule has 3 nitrogen and oxygen atoms in total. The van der Waals surface area contributed by atoms with Gasteiger partial charge in [-0.15, -0.1) is 0 Å². The second-order valence-electron chi connectivity index (χ2n) is 6.21. The van der Waals surface area contributed by atoms with Crippen molar-refractivity contribution in [1.82, 2.24) is 5.32 Å². The van der Waals surface area contributed by atoms with Crippen molar-refractivity contribution < 1.29 is 4.79 Å². The van der Waals surface area contributed by atoms with E-state index in [0.717, 1.165) is 15.4 Å². The lowest BCUT2D eigenvalue weighted by Gasteiger charge is -2.12. The maximum Gasteiger partial charge on any atom is 0.256 e. The number of amides is 1. The molecule has 1 N–H and O–H groups in total. The minimum atomic E-state index is -0.336. The number of hydrogen-bond donors (Lipinski definition) is 1. The van der Waals surface area contributed by atoms with Crippen LogP contribution in [0.4, 0.5) is 0 Å². The number of allylic oxidation sites excluding steroid dienone is 1. The second kappa shape index (κ2) is 10.6. The van der Waals surface area contributed by atoms with Crippen LogP contribution in [0.5, 0.6) is 0 Å².